The van der Waals surface area contributed by atoms with Crippen LogP contribution in [0.5, 0.6) is 5.75 Å². The summed E-state index contributed by atoms with van der Waals surface area (Å²) in [5, 5.41) is 24.2. The van der Waals surface area contributed by atoms with Gasteiger partial charge in [0.1, 0.15) is 22.6 Å². The average Bonchev–Trinajstić information content (AvgIpc) is 3.92. The van der Waals surface area contributed by atoms with E-state index >= 15 is 0 Å². The van der Waals surface area contributed by atoms with Gasteiger partial charge in [0.2, 0.25) is 17.8 Å². The summed E-state index contributed by atoms with van der Waals surface area (Å²) in [5.41, 5.74) is 6.90. The number of fused-ring (bicyclic) bond motifs is 1. The number of hydrogen-bond donors (Lipinski definition) is 8. The number of carbonyl (C=O) groups is 7. The molecule has 0 aromatic heterocycles. The molecule has 9 N–H and O–H groups in total. The molecule has 0 saturated carbocycles. The van der Waals surface area contributed by atoms with Gasteiger partial charge in [-0.1, -0.05) is 6.42 Å². The molecule has 0 spiro atoms. The Labute approximate surface area is 431 Å². The van der Waals surface area contributed by atoms with Crippen molar-refractivity contribution in [2.75, 3.05) is 26.2 Å². The Bertz CT molecular complexity index is 2280. The van der Waals surface area contributed by atoms with Crippen molar-refractivity contribution in [3.63, 3.8) is 0 Å². The van der Waals surface area contributed by atoms with Crippen LogP contribution in [0.15, 0.2) is 9.89 Å². The van der Waals surface area contributed by atoms with Crippen LogP contribution in [0.4, 0.5) is 9.59 Å². The largest absolute Gasteiger partial charge is 0.487 e. The van der Waals surface area contributed by atoms with E-state index in [9.17, 15) is 47.1 Å². The lowest BCUT2D eigenvalue weighted by Crippen LogP contribution is -2.48. The summed E-state index contributed by atoms with van der Waals surface area (Å²) < 4.78 is 46.4. The van der Waals surface area contributed by atoms with Crippen LogP contribution in [0.25, 0.3) is 0 Å². The number of ketones is 2. The molecule has 0 radical (unpaired) electrons. The third-order valence-electron chi connectivity index (χ3n) is 12.6. The second-order valence-electron chi connectivity index (χ2n) is 21.9. The number of aliphatic carboxylic acids is 1. The number of unbranched alkanes of at least 4 members (excludes halogenated alkanes) is 2. The summed E-state index contributed by atoms with van der Waals surface area (Å²) in [6.45, 7) is 22.1. The van der Waals surface area contributed by atoms with Crippen LogP contribution in [0.2, 0.25) is 0 Å². The number of Topliss-reactive ketones (excluding diaryl/α,β-unsaturated/α-hetero) is 2. The molecule has 2 aliphatic rings. The zero-order valence-electron chi connectivity index (χ0n) is 45.2. The van der Waals surface area contributed by atoms with Gasteiger partial charge in [0.15, 0.2) is 11.6 Å². The Kier molecular flexibility index (Phi) is 23.0. The molecule has 1 aromatic carbocycles. The summed E-state index contributed by atoms with van der Waals surface area (Å²) in [6.07, 6.45) is 1.91. The standard InChI is InChI=1S/C51H84N8O13S/c1-30-31(2)42(32(3)41-36(30)29-51(11,12)70-41)73(68,69)59-46(52)54-26-17-20-35(45(64)65)28-40(61)37(21-14-16-24-56-48(67)72-50(8,9)10)58-43(62)34(19-13-15-23-55-47(66)71-49(5,6)7)27-39(60)33(4)57-44(63)38-22-18-25-53-38/h33-35,37-38,53H,13-29H2,1-12H3,(H,55,66)(H,56,67)(H,57,63)(H,58,62)(H,64,65)(H3,52,54,59)/t33-,34+,35+,37-,38+/m0/s1. The molecule has 22 heteroatoms. The number of aliphatic imine (C=N–C) groups is 1. The molecule has 412 valence electrons. The monoisotopic (exact) mass is 1050 g/mol. The number of ether oxygens (including phenoxy) is 3. The van der Waals surface area contributed by atoms with E-state index < -0.39 is 105 Å². The number of nitrogens with two attached hydrogens (primary N) is 1. The van der Waals surface area contributed by atoms with Crippen LogP contribution in [0.3, 0.4) is 0 Å². The Morgan fingerprint density at radius 3 is 1.92 bits per heavy atom. The quantitative estimate of drug-likeness (QED) is 0.0324. The molecule has 3 rings (SSSR count). The van der Waals surface area contributed by atoms with Gasteiger partial charge in [-0.15, -0.1) is 0 Å². The number of hydrogen-bond acceptors (Lipinski definition) is 14. The first-order valence-corrected chi connectivity index (χ1v) is 27.0. The lowest BCUT2D eigenvalue weighted by Gasteiger charge is -2.24. The fourth-order valence-corrected chi connectivity index (χ4v) is 10.3. The van der Waals surface area contributed by atoms with Crippen molar-refractivity contribution in [2.45, 2.75) is 206 Å². The maximum Gasteiger partial charge on any atom is 0.407 e. The summed E-state index contributed by atoms with van der Waals surface area (Å²) in [4.78, 5) is 96.1. The summed E-state index contributed by atoms with van der Waals surface area (Å²) in [6, 6.07) is -2.53. The van der Waals surface area contributed by atoms with Gasteiger partial charge in [0.05, 0.1) is 28.9 Å². The van der Waals surface area contributed by atoms with E-state index in [4.69, 9.17) is 19.9 Å². The molecule has 73 heavy (non-hydrogen) atoms. The van der Waals surface area contributed by atoms with E-state index in [0.29, 0.717) is 61.9 Å². The molecule has 0 aliphatic carbocycles. The number of amides is 4. The van der Waals surface area contributed by atoms with Crippen LogP contribution in [0.1, 0.15) is 162 Å². The highest BCUT2D eigenvalue weighted by Crippen LogP contribution is 2.44. The first-order valence-electron chi connectivity index (χ1n) is 25.5. The molecule has 1 aromatic rings. The molecule has 0 unspecified atom stereocenters. The summed E-state index contributed by atoms with van der Waals surface area (Å²) in [7, 11) is -4.21. The van der Waals surface area contributed by atoms with Gasteiger partial charge in [-0.05, 0) is 159 Å². The van der Waals surface area contributed by atoms with Crippen molar-refractivity contribution < 1.29 is 61.3 Å². The number of carboxylic acids is 1. The lowest BCUT2D eigenvalue weighted by molar-refractivity contribution is -0.144. The van der Waals surface area contributed by atoms with Gasteiger partial charge in [-0.25, -0.2) is 22.7 Å². The fourth-order valence-electron chi connectivity index (χ4n) is 8.78. The van der Waals surface area contributed by atoms with Crippen molar-refractivity contribution in [1.29, 1.82) is 0 Å². The predicted octanol–water partition coefficient (Wildman–Crippen LogP) is 5.07. The number of guanidine groups is 1. The Balaban J connectivity index is 1.76. The molecule has 2 heterocycles. The van der Waals surface area contributed by atoms with Crippen molar-refractivity contribution in [3.8, 4) is 5.75 Å². The van der Waals surface area contributed by atoms with E-state index in [2.05, 4.69) is 36.3 Å². The van der Waals surface area contributed by atoms with Crippen LogP contribution < -0.4 is 41.8 Å². The zero-order valence-corrected chi connectivity index (χ0v) is 46.0. The number of nitrogens with one attached hydrogen (secondary N) is 6. The van der Waals surface area contributed by atoms with Crippen LogP contribution in [0, 0.1) is 32.6 Å². The van der Waals surface area contributed by atoms with E-state index in [1.54, 1.807) is 62.3 Å². The normalized spacial score (nSPS) is 17.2. The molecule has 2 aliphatic heterocycles. The van der Waals surface area contributed by atoms with Gasteiger partial charge in [0.25, 0.3) is 10.0 Å². The topological polar surface area (TPSA) is 312 Å². The maximum atomic E-state index is 14.2. The Morgan fingerprint density at radius 1 is 0.808 bits per heavy atom. The van der Waals surface area contributed by atoms with Crippen molar-refractivity contribution in [1.82, 2.24) is 31.3 Å². The fraction of sp³-hybridized carbons (Fsp3) is 0.725. The Morgan fingerprint density at radius 2 is 1.37 bits per heavy atom. The van der Waals surface area contributed by atoms with Crippen LogP contribution in [-0.2, 0) is 49.9 Å². The molecule has 0 bridgehead atoms. The van der Waals surface area contributed by atoms with Crippen molar-refractivity contribution in [3.05, 3.63) is 22.3 Å². The van der Waals surface area contributed by atoms with Crippen LogP contribution in [-0.4, -0.2) is 122 Å². The molecule has 4 amide bonds. The highest BCUT2D eigenvalue weighted by Gasteiger charge is 2.37. The number of sulfonamides is 1. The van der Waals surface area contributed by atoms with E-state index in [0.717, 1.165) is 17.5 Å². The van der Waals surface area contributed by atoms with Crippen molar-refractivity contribution >= 4 is 57.5 Å². The summed E-state index contributed by atoms with van der Waals surface area (Å²) in [5.74, 6) is -5.24. The second kappa shape index (κ2) is 27.1. The molecular weight excluding hydrogens is 965 g/mol. The maximum absolute atomic E-state index is 14.2. The summed E-state index contributed by atoms with van der Waals surface area (Å²) >= 11 is 0. The van der Waals surface area contributed by atoms with Gasteiger partial charge in [-0.2, -0.15) is 0 Å². The molecule has 1 fully saturated rings. The van der Waals surface area contributed by atoms with E-state index in [1.807, 2.05) is 20.8 Å². The van der Waals surface area contributed by atoms with Gasteiger partial charge in [0, 0.05) is 55.9 Å². The minimum absolute atomic E-state index is 0.0332. The second-order valence-corrected chi connectivity index (χ2v) is 23.5. The third kappa shape index (κ3) is 20.7. The smallest absolute Gasteiger partial charge is 0.407 e. The lowest BCUT2D eigenvalue weighted by atomic mass is 9.90. The number of alkyl carbamates (subject to hydrolysis) is 2. The molecule has 21 nitrogen and oxygen atoms in total. The third-order valence-corrected chi connectivity index (χ3v) is 14.2. The highest BCUT2D eigenvalue weighted by atomic mass is 32.2. The van der Waals surface area contributed by atoms with Gasteiger partial charge >= 0.3 is 18.2 Å². The average molecular weight is 1050 g/mol. The molecular formula is C51H84N8O13S. The van der Waals surface area contributed by atoms with E-state index in [1.165, 1.54) is 0 Å². The SMILES string of the molecule is Cc1c(C)c(S(=O)(=O)NC(N)=NCCC[C@H](CC(=O)[C@H](CCCCNC(=O)OC(C)(C)C)NC(=O)[C@H](CCCCNC(=O)OC(C)(C)C)CC(=O)[C@H](C)NC(=O)[C@H]2CCCN2)C(=O)O)c(C)c2c1CC(C)(C)O2. The van der Waals surface area contributed by atoms with Gasteiger partial charge < -0.3 is 51.6 Å². The number of benzene rings is 1. The minimum atomic E-state index is -4.21. The van der Waals surface area contributed by atoms with Crippen molar-refractivity contribution in [2.24, 2.45) is 22.6 Å². The zero-order chi connectivity index (χ0) is 55.1. The highest BCUT2D eigenvalue weighted by molar-refractivity contribution is 7.90. The first kappa shape index (κ1) is 61.8. The van der Waals surface area contributed by atoms with E-state index in [-0.39, 0.29) is 62.5 Å². The number of rotatable bonds is 27. The minimum Gasteiger partial charge on any atom is -0.487 e. The van der Waals surface area contributed by atoms with Crippen LogP contribution >= 0.6 is 0 Å². The Hall–Kier alpha value is -5.51. The number of nitrogens with zero attached hydrogens (tertiary/aromatic N) is 1. The molecule has 1 saturated heterocycles. The number of carbonyl (C=O) groups excluding carboxylic acids is 6. The number of carboxylic acid groups (broad SMARTS) is 1. The van der Waals surface area contributed by atoms with Gasteiger partial charge in [-0.3, -0.25) is 29.0 Å². The molecule has 5 atom stereocenters. The first-order chi connectivity index (χ1) is 33.8. The predicted molar refractivity (Wildman–Crippen MR) is 276 cm³/mol.